The van der Waals surface area contributed by atoms with Gasteiger partial charge in [-0.3, -0.25) is 10.2 Å². The number of hydrogen-bond acceptors (Lipinski definition) is 4. The Morgan fingerprint density at radius 1 is 1.50 bits per heavy atom. The van der Waals surface area contributed by atoms with E-state index in [0.29, 0.717) is 0 Å². The van der Waals surface area contributed by atoms with E-state index in [1.54, 1.807) is 0 Å². The van der Waals surface area contributed by atoms with Crippen LogP contribution in [0.25, 0.3) is 0 Å². The van der Waals surface area contributed by atoms with Crippen molar-refractivity contribution in [3.05, 3.63) is 22.0 Å². The lowest BCUT2D eigenvalue weighted by Crippen LogP contribution is -2.05. The third-order valence-electron chi connectivity index (χ3n) is 1.49. The number of pyridine rings is 1. The average Bonchev–Trinajstić information content (AvgIpc) is 2.31. The highest BCUT2D eigenvalue weighted by Crippen LogP contribution is 2.29. The molecule has 0 aliphatic carbocycles. The molecular formula is C6H4N4O2. The van der Waals surface area contributed by atoms with Crippen LogP contribution in [0.15, 0.2) is 21.1 Å². The Kier molecular flexibility index (Phi) is 1.12. The first-order chi connectivity index (χ1) is 5.68. The van der Waals surface area contributed by atoms with Gasteiger partial charge < -0.3 is 10.1 Å². The molecule has 3 N–H and O–H groups in total. The summed E-state index contributed by atoms with van der Waals surface area (Å²) in [5.74, 6) is -0.257. The molecule has 6 nitrogen and oxygen atoms in total. The maximum Gasteiger partial charge on any atom is 0.253 e. The minimum absolute atomic E-state index is 0.140. The second-order valence-electron chi connectivity index (χ2n) is 2.29. The fourth-order valence-corrected chi connectivity index (χ4v) is 0.991. The van der Waals surface area contributed by atoms with Crippen molar-refractivity contribution in [1.82, 2.24) is 4.98 Å². The highest BCUT2D eigenvalue weighted by Gasteiger charge is 2.19. The quantitative estimate of drug-likeness (QED) is 0.520. The van der Waals surface area contributed by atoms with Crippen molar-refractivity contribution < 1.29 is 5.11 Å². The molecular weight excluding hydrogens is 160 g/mol. The Morgan fingerprint density at radius 2 is 2.25 bits per heavy atom. The van der Waals surface area contributed by atoms with Gasteiger partial charge in [0.15, 0.2) is 11.7 Å². The zero-order chi connectivity index (χ0) is 8.72. The van der Waals surface area contributed by atoms with Crippen molar-refractivity contribution in [3.63, 3.8) is 0 Å². The lowest BCUT2D eigenvalue weighted by atomic mass is 10.2. The molecule has 0 spiro atoms. The summed E-state index contributed by atoms with van der Waals surface area (Å²) in [4.78, 5) is 13.1. The maximum absolute atomic E-state index is 10.8. The van der Waals surface area contributed by atoms with Gasteiger partial charge in [0, 0.05) is 6.07 Å². The first-order valence-electron chi connectivity index (χ1n) is 3.15. The van der Waals surface area contributed by atoms with E-state index >= 15 is 0 Å². The summed E-state index contributed by atoms with van der Waals surface area (Å²) in [6.45, 7) is 0. The lowest BCUT2D eigenvalue weighted by molar-refractivity contribution is 0.473. The minimum Gasteiger partial charge on any atom is -0.507 e. The predicted octanol–water partition coefficient (Wildman–Crippen LogP) is 0.503. The fraction of sp³-hybridized carbons (Fsp3) is 0. The molecule has 0 atom stereocenters. The highest BCUT2D eigenvalue weighted by molar-refractivity contribution is 6.04. The van der Waals surface area contributed by atoms with Gasteiger partial charge in [-0.25, -0.2) is 0 Å². The van der Waals surface area contributed by atoms with Gasteiger partial charge in [0.2, 0.25) is 0 Å². The van der Waals surface area contributed by atoms with Crippen LogP contribution in [0.1, 0.15) is 5.56 Å². The number of H-pyrrole nitrogens is 1. The predicted molar refractivity (Wildman–Crippen MR) is 40.1 cm³/mol. The minimum atomic E-state index is -0.458. The SMILES string of the molecule is N=C1N=Nc2[nH]c(=O)cc(O)c21. The summed E-state index contributed by atoms with van der Waals surface area (Å²) in [6.07, 6.45) is 0. The molecule has 1 aliphatic rings. The number of azo groups is 1. The Morgan fingerprint density at radius 3 is 3.00 bits per heavy atom. The molecule has 0 saturated carbocycles. The maximum atomic E-state index is 10.8. The largest absolute Gasteiger partial charge is 0.507 e. The van der Waals surface area contributed by atoms with Crippen LogP contribution < -0.4 is 5.56 Å². The number of aromatic nitrogens is 1. The van der Waals surface area contributed by atoms with Gasteiger partial charge in [-0.15, -0.1) is 10.2 Å². The van der Waals surface area contributed by atoms with E-state index < -0.39 is 5.56 Å². The van der Waals surface area contributed by atoms with Crippen LogP contribution in [-0.2, 0) is 0 Å². The summed E-state index contributed by atoms with van der Waals surface area (Å²) < 4.78 is 0. The molecule has 0 saturated heterocycles. The third-order valence-corrected chi connectivity index (χ3v) is 1.49. The molecule has 0 fully saturated rings. The first-order valence-corrected chi connectivity index (χ1v) is 3.15. The van der Waals surface area contributed by atoms with Crippen LogP contribution in [-0.4, -0.2) is 15.9 Å². The van der Waals surface area contributed by atoms with Crippen LogP contribution >= 0.6 is 0 Å². The molecule has 2 heterocycles. The number of rotatable bonds is 0. The molecule has 1 aromatic rings. The van der Waals surface area contributed by atoms with Crippen molar-refractivity contribution in [2.45, 2.75) is 0 Å². The normalized spacial score (nSPS) is 13.5. The number of nitrogens with zero attached hydrogens (tertiary/aromatic N) is 2. The van der Waals surface area contributed by atoms with Crippen LogP contribution in [0, 0.1) is 5.41 Å². The molecule has 6 heteroatoms. The van der Waals surface area contributed by atoms with Crippen LogP contribution in [0.2, 0.25) is 0 Å². The molecule has 12 heavy (non-hydrogen) atoms. The molecule has 0 radical (unpaired) electrons. The van der Waals surface area contributed by atoms with Crippen molar-refractivity contribution in [3.8, 4) is 5.75 Å². The number of aromatic hydroxyl groups is 1. The Labute approximate surface area is 66.1 Å². The molecule has 0 bridgehead atoms. The molecule has 1 aromatic heterocycles. The van der Waals surface area contributed by atoms with Crippen molar-refractivity contribution in [2.75, 3.05) is 0 Å². The van der Waals surface area contributed by atoms with Gasteiger partial charge in [0.05, 0.1) is 0 Å². The molecule has 0 aromatic carbocycles. The molecule has 0 unspecified atom stereocenters. The molecule has 60 valence electrons. The van der Waals surface area contributed by atoms with E-state index in [0.717, 1.165) is 6.07 Å². The van der Waals surface area contributed by atoms with Gasteiger partial charge in [-0.1, -0.05) is 0 Å². The lowest BCUT2D eigenvalue weighted by Gasteiger charge is -1.96. The number of amidine groups is 1. The number of aromatic amines is 1. The zero-order valence-electron chi connectivity index (χ0n) is 5.83. The number of nitrogens with one attached hydrogen (secondary N) is 2. The van der Waals surface area contributed by atoms with Crippen LogP contribution in [0.3, 0.4) is 0 Å². The fourth-order valence-electron chi connectivity index (χ4n) is 0.991. The summed E-state index contributed by atoms with van der Waals surface area (Å²) in [5.41, 5.74) is -0.283. The van der Waals surface area contributed by atoms with Crippen LogP contribution in [0.5, 0.6) is 5.75 Å². The molecule has 0 amide bonds. The monoisotopic (exact) mass is 164 g/mol. The Hall–Kier alpha value is -1.98. The zero-order valence-corrected chi connectivity index (χ0v) is 5.83. The van der Waals surface area contributed by atoms with Gasteiger partial charge in [-0.05, 0) is 0 Å². The second kappa shape index (κ2) is 2.00. The number of fused-ring (bicyclic) bond motifs is 1. The summed E-state index contributed by atoms with van der Waals surface area (Å²) in [7, 11) is 0. The van der Waals surface area contributed by atoms with Crippen molar-refractivity contribution in [1.29, 1.82) is 5.41 Å². The number of hydrogen-bond donors (Lipinski definition) is 3. The summed E-state index contributed by atoms with van der Waals surface area (Å²) >= 11 is 0. The van der Waals surface area contributed by atoms with E-state index in [-0.39, 0.29) is 23.0 Å². The van der Waals surface area contributed by atoms with Gasteiger partial charge in [0.25, 0.3) is 5.56 Å². The summed E-state index contributed by atoms with van der Waals surface area (Å²) in [5, 5.41) is 23.3. The van der Waals surface area contributed by atoms with Gasteiger partial charge in [-0.2, -0.15) is 0 Å². The molecule has 1 aliphatic heterocycles. The van der Waals surface area contributed by atoms with Gasteiger partial charge in [0.1, 0.15) is 11.3 Å². The van der Waals surface area contributed by atoms with Crippen LogP contribution in [0.4, 0.5) is 5.82 Å². The first kappa shape index (κ1) is 6.71. The van der Waals surface area contributed by atoms with E-state index in [2.05, 4.69) is 15.2 Å². The van der Waals surface area contributed by atoms with Gasteiger partial charge >= 0.3 is 0 Å². The molecule has 2 rings (SSSR count). The average molecular weight is 164 g/mol. The smallest absolute Gasteiger partial charge is 0.253 e. The topological polar surface area (TPSA) is 102 Å². The standard InChI is InChI=1S/C6H4N4O2/c7-5-4-2(11)1-3(12)8-6(4)10-9-5/h1,7H,(H2,8,11,12). The highest BCUT2D eigenvalue weighted by atomic mass is 16.3. The van der Waals surface area contributed by atoms with E-state index in [1.165, 1.54) is 0 Å². The van der Waals surface area contributed by atoms with E-state index in [1.807, 2.05) is 0 Å². The van der Waals surface area contributed by atoms with E-state index in [4.69, 9.17) is 5.41 Å². The third kappa shape index (κ3) is 0.746. The Bertz CT molecular complexity index is 445. The van der Waals surface area contributed by atoms with E-state index in [9.17, 15) is 9.90 Å². The van der Waals surface area contributed by atoms with Crippen molar-refractivity contribution >= 4 is 11.7 Å². The summed E-state index contributed by atoms with van der Waals surface area (Å²) in [6, 6.07) is 0.990. The second-order valence-corrected chi connectivity index (χ2v) is 2.29. The van der Waals surface area contributed by atoms with Crippen molar-refractivity contribution in [2.24, 2.45) is 10.2 Å². The Balaban J connectivity index is 2.83.